The van der Waals surface area contributed by atoms with Crippen LogP contribution in [0.5, 0.6) is 5.75 Å². The van der Waals surface area contributed by atoms with Crippen LogP contribution < -0.4 is 15.4 Å². The van der Waals surface area contributed by atoms with Gasteiger partial charge < -0.3 is 15.4 Å². The van der Waals surface area contributed by atoms with E-state index in [1.165, 1.54) is 5.56 Å². The topological polar surface area (TPSA) is 50.4 Å². The maximum atomic E-state index is 12.2. The van der Waals surface area contributed by atoms with E-state index in [0.717, 1.165) is 38.0 Å². The minimum absolute atomic E-state index is 0. The molecule has 0 bridgehead atoms. The van der Waals surface area contributed by atoms with E-state index in [0.29, 0.717) is 6.54 Å². The number of hydrogen-bond donors (Lipinski definition) is 2. The van der Waals surface area contributed by atoms with Gasteiger partial charge in [0.1, 0.15) is 5.75 Å². The standard InChI is InChI=1S/C16H24N2O2.ClH/c1-16(10-3-4-11-18-16)15(19)17-12-9-13-5-7-14(20-2)8-6-13;/h5-8,18H,3-4,9-12H2,1-2H3,(H,17,19);1H. The number of carbonyl (C=O) groups is 1. The van der Waals surface area contributed by atoms with E-state index in [2.05, 4.69) is 10.6 Å². The van der Waals surface area contributed by atoms with Gasteiger partial charge in [-0.25, -0.2) is 0 Å². The molecule has 0 radical (unpaired) electrons. The Kier molecular flexibility index (Phi) is 6.99. The molecule has 1 atom stereocenters. The first-order chi connectivity index (χ1) is 9.64. The number of hydrogen-bond acceptors (Lipinski definition) is 3. The fraction of sp³-hybridized carbons (Fsp3) is 0.562. The van der Waals surface area contributed by atoms with Crippen LogP contribution in [0.2, 0.25) is 0 Å². The van der Waals surface area contributed by atoms with Crippen LogP contribution in [0.25, 0.3) is 0 Å². The quantitative estimate of drug-likeness (QED) is 0.877. The molecule has 0 spiro atoms. The van der Waals surface area contributed by atoms with Crippen LogP contribution in [0, 0.1) is 0 Å². The molecule has 1 aliphatic rings. The Morgan fingerprint density at radius 1 is 1.33 bits per heavy atom. The van der Waals surface area contributed by atoms with Crippen LogP contribution in [0.4, 0.5) is 0 Å². The lowest BCUT2D eigenvalue weighted by molar-refractivity contribution is -0.127. The third-order valence-electron chi connectivity index (χ3n) is 3.98. The summed E-state index contributed by atoms with van der Waals surface area (Å²) in [4.78, 5) is 12.2. The number of benzene rings is 1. The number of halogens is 1. The second-order valence-electron chi connectivity index (χ2n) is 5.57. The molecule has 5 heteroatoms. The van der Waals surface area contributed by atoms with Gasteiger partial charge in [-0.1, -0.05) is 12.1 Å². The average molecular weight is 313 g/mol. The number of ether oxygens (including phenoxy) is 1. The zero-order valence-electron chi connectivity index (χ0n) is 12.8. The lowest BCUT2D eigenvalue weighted by atomic mass is 9.90. The highest BCUT2D eigenvalue weighted by molar-refractivity contribution is 5.86. The van der Waals surface area contributed by atoms with Gasteiger partial charge in [0, 0.05) is 6.54 Å². The third kappa shape index (κ3) is 4.90. The first-order valence-corrected chi connectivity index (χ1v) is 7.30. The molecule has 4 nitrogen and oxygen atoms in total. The van der Waals surface area contributed by atoms with Gasteiger partial charge in [0.2, 0.25) is 5.91 Å². The van der Waals surface area contributed by atoms with E-state index in [1.54, 1.807) is 7.11 Å². The highest BCUT2D eigenvalue weighted by atomic mass is 35.5. The van der Waals surface area contributed by atoms with Gasteiger partial charge >= 0.3 is 0 Å². The molecule has 2 N–H and O–H groups in total. The molecule has 21 heavy (non-hydrogen) atoms. The van der Waals surface area contributed by atoms with Crippen molar-refractivity contribution in [1.29, 1.82) is 0 Å². The molecule has 0 aliphatic carbocycles. The minimum Gasteiger partial charge on any atom is -0.497 e. The van der Waals surface area contributed by atoms with E-state index < -0.39 is 5.54 Å². The summed E-state index contributed by atoms with van der Waals surface area (Å²) in [5.74, 6) is 0.974. The van der Waals surface area contributed by atoms with Crippen LogP contribution in [0.15, 0.2) is 24.3 Å². The fourth-order valence-electron chi connectivity index (χ4n) is 2.56. The SMILES string of the molecule is COc1ccc(CCNC(=O)C2(C)CCCCN2)cc1.Cl. The van der Waals surface area contributed by atoms with Crippen molar-refractivity contribution in [3.05, 3.63) is 29.8 Å². The molecule has 0 aromatic heterocycles. The van der Waals surface area contributed by atoms with Crippen molar-refractivity contribution in [1.82, 2.24) is 10.6 Å². The molecule has 118 valence electrons. The molecule has 1 aliphatic heterocycles. The summed E-state index contributed by atoms with van der Waals surface area (Å²) in [5.41, 5.74) is 0.811. The Morgan fingerprint density at radius 2 is 2.05 bits per heavy atom. The first kappa shape index (κ1) is 17.8. The largest absolute Gasteiger partial charge is 0.497 e. The van der Waals surface area contributed by atoms with Gasteiger partial charge in [0.05, 0.1) is 12.6 Å². The monoisotopic (exact) mass is 312 g/mol. The van der Waals surface area contributed by atoms with Gasteiger partial charge in [-0.05, 0) is 56.8 Å². The van der Waals surface area contributed by atoms with Crippen LogP contribution in [0.1, 0.15) is 31.7 Å². The van der Waals surface area contributed by atoms with E-state index in [-0.39, 0.29) is 18.3 Å². The normalized spacial score (nSPS) is 21.2. The van der Waals surface area contributed by atoms with Gasteiger partial charge in [0.15, 0.2) is 0 Å². The Balaban J connectivity index is 0.00000220. The molecule has 1 aromatic rings. The summed E-state index contributed by atoms with van der Waals surface area (Å²) in [6.45, 7) is 3.60. The smallest absolute Gasteiger partial charge is 0.240 e. The van der Waals surface area contributed by atoms with Crippen LogP contribution >= 0.6 is 12.4 Å². The predicted octanol–water partition coefficient (Wildman–Crippen LogP) is 2.31. The summed E-state index contributed by atoms with van der Waals surface area (Å²) in [5, 5.41) is 6.37. The van der Waals surface area contributed by atoms with Crippen LogP contribution in [-0.4, -0.2) is 31.6 Å². The number of rotatable bonds is 5. The highest BCUT2D eigenvalue weighted by Gasteiger charge is 2.33. The van der Waals surface area contributed by atoms with Crippen molar-refractivity contribution in [2.24, 2.45) is 0 Å². The number of nitrogens with one attached hydrogen (secondary N) is 2. The molecule has 1 amide bonds. The number of carbonyl (C=O) groups excluding carboxylic acids is 1. The molecule has 1 heterocycles. The van der Waals surface area contributed by atoms with Crippen LogP contribution in [0.3, 0.4) is 0 Å². The molecule has 1 aromatic carbocycles. The number of amides is 1. The van der Waals surface area contributed by atoms with Crippen molar-refractivity contribution in [2.75, 3.05) is 20.2 Å². The Labute approximate surface area is 133 Å². The fourth-order valence-corrected chi connectivity index (χ4v) is 2.56. The third-order valence-corrected chi connectivity index (χ3v) is 3.98. The van der Waals surface area contributed by atoms with E-state index in [4.69, 9.17) is 4.74 Å². The minimum atomic E-state index is -0.391. The summed E-state index contributed by atoms with van der Waals surface area (Å²) in [6, 6.07) is 7.96. The Morgan fingerprint density at radius 3 is 2.62 bits per heavy atom. The molecule has 1 unspecified atom stereocenters. The van der Waals surface area contributed by atoms with Crippen molar-refractivity contribution < 1.29 is 9.53 Å². The summed E-state index contributed by atoms with van der Waals surface area (Å²) in [7, 11) is 1.66. The molecule has 1 saturated heterocycles. The lowest BCUT2D eigenvalue weighted by Gasteiger charge is -2.33. The van der Waals surface area contributed by atoms with Crippen LogP contribution in [-0.2, 0) is 11.2 Å². The molecule has 0 saturated carbocycles. The van der Waals surface area contributed by atoms with E-state index in [9.17, 15) is 4.79 Å². The Bertz CT molecular complexity index is 442. The summed E-state index contributed by atoms with van der Waals surface area (Å²) < 4.78 is 5.13. The number of methoxy groups -OCH3 is 1. The van der Waals surface area contributed by atoms with Crippen molar-refractivity contribution in [3.63, 3.8) is 0 Å². The first-order valence-electron chi connectivity index (χ1n) is 7.30. The molecular formula is C16H25ClN2O2. The molecule has 2 rings (SSSR count). The second-order valence-corrected chi connectivity index (χ2v) is 5.57. The van der Waals surface area contributed by atoms with E-state index in [1.807, 2.05) is 31.2 Å². The second kappa shape index (κ2) is 8.25. The number of piperidine rings is 1. The van der Waals surface area contributed by atoms with Gasteiger partial charge in [-0.2, -0.15) is 0 Å². The average Bonchev–Trinajstić information content (AvgIpc) is 2.48. The van der Waals surface area contributed by atoms with E-state index >= 15 is 0 Å². The van der Waals surface area contributed by atoms with Crippen molar-refractivity contribution in [2.45, 2.75) is 38.1 Å². The van der Waals surface area contributed by atoms with Crippen molar-refractivity contribution in [3.8, 4) is 5.75 Å². The van der Waals surface area contributed by atoms with Gasteiger partial charge in [0.25, 0.3) is 0 Å². The predicted molar refractivity (Wildman–Crippen MR) is 87.2 cm³/mol. The zero-order chi connectivity index (χ0) is 14.4. The summed E-state index contributed by atoms with van der Waals surface area (Å²) >= 11 is 0. The highest BCUT2D eigenvalue weighted by Crippen LogP contribution is 2.18. The van der Waals surface area contributed by atoms with Crippen molar-refractivity contribution >= 4 is 18.3 Å². The lowest BCUT2D eigenvalue weighted by Crippen LogP contribution is -2.57. The zero-order valence-corrected chi connectivity index (χ0v) is 13.6. The summed E-state index contributed by atoms with van der Waals surface area (Å²) in [6.07, 6.45) is 4.04. The molecule has 1 fully saturated rings. The molecular weight excluding hydrogens is 288 g/mol. The van der Waals surface area contributed by atoms with Gasteiger partial charge in [-0.15, -0.1) is 12.4 Å². The van der Waals surface area contributed by atoms with Gasteiger partial charge in [-0.3, -0.25) is 4.79 Å². The maximum Gasteiger partial charge on any atom is 0.240 e. The Hall–Kier alpha value is -1.26. The maximum absolute atomic E-state index is 12.2.